The summed E-state index contributed by atoms with van der Waals surface area (Å²) in [5.41, 5.74) is -0.912. The first-order valence-corrected chi connectivity index (χ1v) is 20.4. The quantitative estimate of drug-likeness (QED) is 0.0874. The summed E-state index contributed by atoms with van der Waals surface area (Å²) < 4.78 is 52.6. The third-order valence-electron chi connectivity index (χ3n) is 9.90. The Balaban J connectivity index is 0.000000199. The standard InChI is InChI=1S/2C21H18ClF2NO2.C6H5NO2/c2*22-16-4-1-3-14(11-16)8-10-21(27)9-2-5-17(13-21)25-20(26)15-6-7-18(23)19(24)12-15;8-6(9)5-3-1-2-4-7-5/h2*1,3-4,6-7,11-12,17,27H,2,5,9,13H2,(H,25,26);1-4H,(H,8,9)/t2*17-,21+;/m10./s1. The van der Waals surface area contributed by atoms with Gasteiger partial charge in [-0.25, -0.2) is 27.3 Å². The van der Waals surface area contributed by atoms with E-state index in [1.54, 1.807) is 60.7 Å². The Hall–Kier alpha value is -6.22. The Labute approximate surface area is 371 Å². The molecular formula is C48H41Cl2F4N3O6. The second kappa shape index (κ2) is 22.2. The van der Waals surface area contributed by atoms with Crippen LogP contribution in [0.25, 0.3) is 0 Å². The number of aromatic carboxylic acids is 1. The van der Waals surface area contributed by atoms with Gasteiger partial charge < -0.3 is 26.0 Å². The van der Waals surface area contributed by atoms with E-state index in [2.05, 4.69) is 39.3 Å². The average molecular weight is 903 g/mol. The molecule has 1 heterocycles. The van der Waals surface area contributed by atoms with Crippen LogP contribution in [0.2, 0.25) is 10.0 Å². The Morgan fingerprint density at radius 3 is 1.44 bits per heavy atom. The van der Waals surface area contributed by atoms with Crippen molar-refractivity contribution >= 4 is 41.0 Å². The van der Waals surface area contributed by atoms with Gasteiger partial charge >= 0.3 is 5.97 Å². The second-order valence-corrected chi connectivity index (χ2v) is 15.8. The highest BCUT2D eigenvalue weighted by molar-refractivity contribution is 6.31. The Morgan fingerprint density at radius 1 is 0.619 bits per heavy atom. The van der Waals surface area contributed by atoms with Crippen LogP contribution in [0.3, 0.4) is 0 Å². The predicted octanol–water partition coefficient (Wildman–Crippen LogP) is 8.93. The molecule has 5 aromatic rings. The molecule has 2 saturated carbocycles. The Morgan fingerprint density at radius 2 is 1.08 bits per heavy atom. The summed E-state index contributed by atoms with van der Waals surface area (Å²) in [5.74, 6) is 5.46. The minimum absolute atomic E-state index is 0.0352. The van der Waals surface area contributed by atoms with Crippen LogP contribution < -0.4 is 10.6 Å². The SMILES string of the molecule is O=C(N[C@@H]1CCC[C@](O)(C#Cc2cccc(Cl)c2)C1)c1ccc(F)c(F)c1.O=C(N[C@H]1CCC[C@@](O)(C#Cc2cccc(Cl)c2)C1)c1ccc(F)c(F)c1.O=C(O)c1ccccn1. The van der Waals surface area contributed by atoms with Crippen molar-refractivity contribution < 1.29 is 47.3 Å². The predicted molar refractivity (Wildman–Crippen MR) is 230 cm³/mol. The van der Waals surface area contributed by atoms with E-state index in [0.29, 0.717) is 59.7 Å². The number of carboxylic acid groups (broad SMARTS) is 1. The van der Waals surface area contributed by atoms with Crippen molar-refractivity contribution in [3.8, 4) is 23.7 Å². The zero-order chi connectivity index (χ0) is 45.6. The lowest BCUT2D eigenvalue weighted by atomic mass is 9.82. The summed E-state index contributed by atoms with van der Waals surface area (Å²) in [5, 5.41) is 36.5. The monoisotopic (exact) mass is 901 g/mol. The number of hydrogen-bond donors (Lipinski definition) is 5. The molecule has 0 bridgehead atoms. The molecule has 1 aromatic heterocycles. The maximum atomic E-state index is 13.3. The number of carbonyl (C=O) groups is 3. The Bertz CT molecular complexity index is 2410. The third-order valence-corrected chi connectivity index (χ3v) is 10.4. The molecule has 2 amide bonds. The molecular weight excluding hydrogens is 861 g/mol. The van der Waals surface area contributed by atoms with E-state index in [0.717, 1.165) is 24.3 Å². The van der Waals surface area contributed by atoms with Gasteiger partial charge in [-0.1, -0.05) is 65.1 Å². The number of carbonyl (C=O) groups excluding carboxylic acids is 2. The maximum absolute atomic E-state index is 13.3. The van der Waals surface area contributed by atoms with Crippen LogP contribution in [0.15, 0.2) is 109 Å². The number of rotatable bonds is 5. The van der Waals surface area contributed by atoms with Crippen molar-refractivity contribution in [2.24, 2.45) is 0 Å². The van der Waals surface area contributed by atoms with E-state index in [1.165, 1.54) is 24.4 Å². The fraction of sp³-hybridized carbons (Fsp3) is 0.250. The molecule has 0 unspecified atom stereocenters. The van der Waals surface area contributed by atoms with Crippen molar-refractivity contribution in [1.29, 1.82) is 0 Å². The lowest BCUT2D eigenvalue weighted by Gasteiger charge is -2.33. The van der Waals surface area contributed by atoms with Crippen LogP contribution in [-0.4, -0.2) is 61.4 Å². The van der Waals surface area contributed by atoms with Gasteiger partial charge in [-0.2, -0.15) is 0 Å². The topological polar surface area (TPSA) is 149 Å². The number of benzene rings is 4. The number of hydrogen-bond acceptors (Lipinski definition) is 6. The summed E-state index contributed by atoms with van der Waals surface area (Å²) in [6.45, 7) is 0. The molecule has 4 aromatic carbocycles. The molecule has 0 spiro atoms. The van der Waals surface area contributed by atoms with Gasteiger partial charge in [-0.3, -0.25) is 9.59 Å². The largest absolute Gasteiger partial charge is 0.477 e. The zero-order valence-electron chi connectivity index (χ0n) is 33.5. The first-order valence-electron chi connectivity index (χ1n) is 19.7. The molecule has 0 saturated heterocycles. The normalized spacial score (nSPS) is 20.0. The first-order chi connectivity index (χ1) is 30.0. The number of halogens is 6. The molecule has 2 fully saturated rings. The molecule has 2 aliphatic carbocycles. The molecule has 9 nitrogen and oxygen atoms in total. The molecule has 2 aliphatic rings. The summed E-state index contributed by atoms with van der Waals surface area (Å²) in [7, 11) is 0. The zero-order valence-corrected chi connectivity index (χ0v) is 35.0. The minimum Gasteiger partial charge on any atom is -0.477 e. The lowest BCUT2D eigenvalue weighted by Crippen LogP contribution is -2.45. The van der Waals surface area contributed by atoms with Gasteiger partial charge in [-0.05, 0) is 123 Å². The van der Waals surface area contributed by atoms with Crippen LogP contribution >= 0.6 is 23.2 Å². The summed E-state index contributed by atoms with van der Waals surface area (Å²) in [6, 6.07) is 24.2. The molecule has 15 heteroatoms. The van der Waals surface area contributed by atoms with Gasteiger partial charge in [-0.15, -0.1) is 0 Å². The number of amides is 2. The minimum atomic E-state index is -1.23. The van der Waals surface area contributed by atoms with Gasteiger partial charge in [0.25, 0.3) is 11.8 Å². The molecule has 7 rings (SSSR count). The van der Waals surface area contributed by atoms with E-state index >= 15 is 0 Å². The van der Waals surface area contributed by atoms with Crippen LogP contribution in [0.1, 0.15) is 93.7 Å². The average Bonchev–Trinajstić information content (AvgIpc) is 3.25. The van der Waals surface area contributed by atoms with Gasteiger partial charge in [0.05, 0.1) is 0 Å². The van der Waals surface area contributed by atoms with Crippen LogP contribution in [0.5, 0.6) is 0 Å². The maximum Gasteiger partial charge on any atom is 0.354 e. The molecule has 4 atom stereocenters. The molecule has 0 aliphatic heterocycles. The van der Waals surface area contributed by atoms with Crippen molar-refractivity contribution in [3.63, 3.8) is 0 Å². The van der Waals surface area contributed by atoms with Gasteiger partial charge in [0.15, 0.2) is 23.3 Å². The molecule has 326 valence electrons. The van der Waals surface area contributed by atoms with Crippen molar-refractivity contribution in [2.75, 3.05) is 0 Å². The first kappa shape index (κ1) is 47.8. The van der Waals surface area contributed by atoms with Crippen molar-refractivity contribution in [2.45, 2.75) is 74.7 Å². The number of carboxylic acids is 1. The van der Waals surface area contributed by atoms with E-state index in [-0.39, 0.29) is 41.7 Å². The third kappa shape index (κ3) is 15.0. The van der Waals surface area contributed by atoms with Crippen LogP contribution in [0, 0.1) is 47.0 Å². The van der Waals surface area contributed by atoms with E-state index in [4.69, 9.17) is 28.3 Å². The second-order valence-electron chi connectivity index (χ2n) is 14.9. The van der Waals surface area contributed by atoms with E-state index in [1.807, 2.05) is 0 Å². The van der Waals surface area contributed by atoms with Gasteiger partial charge in [0, 0.05) is 63.4 Å². The van der Waals surface area contributed by atoms with Crippen LogP contribution in [-0.2, 0) is 0 Å². The van der Waals surface area contributed by atoms with E-state index < -0.39 is 52.3 Å². The summed E-state index contributed by atoms with van der Waals surface area (Å²) in [6.07, 6.45) is 5.69. The number of aliphatic hydroxyl groups is 2. The van der Waals surface area contributed by atoms with Gasteiger partial charge in [0.2, 0.25) is 0 Å². The fourth-order valence-corrected chi connectivity index (χ4v) is 7.17. The number of pyridine rings is 1. The Kier molecular flexibility index (Phi) is 16.9. The highest BCUT2D eigenvalue weighted by Gasteiger charge is 2.35. The molecule has 63 heavy (non-hydrogen) atoms. The smallest absolute Gasteiger partial charge is 0.354 e. The van der Waals surface area contributed by atoms with Crippen molar-refractivity contribution in [1.82, 2.24) is 15.6 Å². The lowest BCUT2D eigenvalue weighted by molar-refractivity contribution is 0.0443. The van der Waals surface area contributed by atoms with E-state index in [9.17, 15) is 42.2 Å². The fourth-order valence-electron chi connectivity index (χ4n) is 6.79. The number of nitrogens with zero attached hydrogens (tertiary/aromatic N) is 1. The highest BCUT2D eigenvalue weighted by atomic mass is 35.5. The molecule has 5 N–H and O–H groups in total. The number of aromatic nitrogens is 1. The van der Waals surface area contributed by atoms with Gasteiger partial charge in [0.1, 0.15) is 16.9 Å². The van der Waals surface area contributed by atoms with Crippen molar-refractivity contribution in [3.05, 3.63) is 171 Å². The molecule has 0 radical (unpaired) electrons. The number of nitrogens with one attached hydrogen (secondary N) is 2. The van der Waals surface area contributed by atoms with Crippen LogP contribution in [0.4, 0.5) is 17.6 Å². The summed E-state index contributed by atoms with van der Waals surface area (Å²) in [4.78, 5) is 38.3. The summed E-state index contributed by atoms with van der Waals surface area (Å²) >= 11 is 11.9. The highest BCUT2D eigenvalue weighted by Crippen LogP contribution is 2.30.